The molecule has 4 heteroatoms. The largest absolute Gasteiger partial charge is 0.492 e. The Balaban J connectivity index is 1.66. The number of rotatable bonds is 8. The Kier molecular flexibility index (Phi) is 6.74. The Morgan fingerprint density at radius 3 is 2.67 bits per heavy atom. The zero-order valence-electron chi connectivity index (χ0n) is 12.6. The normalized spacial score (nSPS) is 12.3. The zero-order chi connectivity index (χ0) is 15.1. The van der Waals surface area contributed by atoms with Gasteiger partial charge in [0.05, 0.1) is 0 Å². The lowest BCUT2D eigenvalue weighted by Crippen LogP contribution is -2.20. The van der Waals surface area contributed by atoms with E-state index >= 15 is 0 Å². The Labute approximate surface area is 139 Å². The van der Waals surface area contributed by atoms with E-state index in [9.17, 15) is 0 Å². The van der Waals surface area contributed by atoms with E-state index in [1.807, 2.05) is 0 Å². The summed E-state index contributed by atoms with van der Waals surface area (Å²) < 4.78 is 6.90. The van der Waals surface area contributed by atoms with E-state index in [-0.39, 0.29) is 0 Å². The van der Waals surface area contributed by atoms with E-state index in [0.29, 0.717) is 12.5 Å². The lowest BCUT2D eigenvalue weighted by molar-refractivity contribution is 0.313. The molecule has 2 aromatic rings. The predicted octanol–water partition coefficient (Wildman–Crippen LogP) is 5.19. The fourth-order valence-electron chi connectivity index (χ4n) is 2.03. The number of hydrogen-bond acceptors (Lipinski definition) is 3. The van der Waals surface area contributed by atoms with Crippen molar-refractivity contribution in [1.29, 1.82) is 0 Å². The Hall–Kier alpha value is -0.840. The first-order valence-corrected chi connectivity index (χ1v) is 9.02. The SMILES string of the molecule is CCC(C)c1ccc(OCCNCc2cc(Br)cs2)cc1. The van der Waals surface area contributed by atoms with E-state index in [4.69, 9.17) is 4.74 Å². The summed E-state index contributed by atoms with van der Waals surface area (Å²) in [6.07, 6.45) is 1.17. The fourth-order valence-corrected chi connectivity index (χ4v) is 3.45. The van der Waals surface area contributed by atoms with Crippen molar-refractivity contribution in [1.82, 2.24) is 5.32 Å². The molecule has 0 radical (unpaired) electrons. The van der Waals surface area contributed by atoms with Crippen LogP contribution >= 0.6 is 27.3 Å². The number of halogens is 1. The molecule has 114 valence electrons. The lowest BCUT2D eigenvalue weighted by Gasteiger charge is -2.11. The van der Waals surface area contributed by atoms with Crippen molar-refractivity contribution in [3.05, 3.63) is 50.6 Å². The third-order valence-corrected chi connectivity index (χ3v) is 5.23. The highest BCUT2D eigenvalue weighted by Crippen LogP contribution is 2.21. The molecule has 2 rings (SSSR count). The van der Waals surface area contributed by atoms with Crippen molar-refractivity contribution in [2.24, 2.45) is 0 Å². The van der Waals surface area contributed by atoms with E-state index in [2.05, 4.69) is 70.8 Å². The van der Waals surface area contributed by atoms with E-state index in [1.54, 1.807) is 11.3 Å². The highest BCUT2D eigenvalue weighted by molar-refractivity contribution is 9.10. The Bertz CT molecular complexity index is 538. The molecule has 0 aliphatic carbocycles. The van der Waals surface area contributed by atoms with Crippen molar-refractivity contribution >= 4 is 27.3 Å². The van der Waals surface area contributed by atoms with Crippen LogP contribution in [-0.2, 0) is 6.54 Å². The summed E-state index contributed by atoms with van der Waals surface area (Å²) in [5.41, 5.74) is 1.38. The average molecular weight is 368 g/mol. The van der Waals surface area contributed by atoms with Gasteiger partial charge in [0.25, 0.3) is 0 Å². The van der Waals surface area contributed by atoms with Crippen molar-refractivity contribution in [3.63, 3.8) is 0 Å². The van der Waals surface area contributed by atoms with E-state index < -0.39 is 0 Å². The van der Waals surface area contributed by atoms with Gasteiger partial charge in [0.2, 0.25) is 0 Å². The molecule has 21 heavy (non-hydrogen) atoms. The number of ether oxygens (including phenoxy) is 1. The first-order chi connectivity index (χ1) is 10.2. The molecule has 0 aliphatic heterocycles. The molecule has 1 unspecified atom stereocenters. The maximum Gasteiger partial charge on any atom is 0.119 e. The minimum atomic E-state index is 0.617. The smallest absolute Gasteiger partial charge is 0.119 e. The molecular weight excluding hydrogens is 346 g/mol. The summed E-state index contributed by atoms with van der Waals surface area (Å²) in [6, 6.07) is 10.6. The second kappa shape index (κ2) is 8.57. The monoisotopic (exact) mass is 367 g/mol. The van der Waals surface area contributed by atoms with Gasteiger partial charge in [0.1, 0.15) is 12.4 Å². The molecule has 0 saturated carbocycles. The van der Waals surface area contributed by atoms with E-state index in [1.165, 1.54) is 16.9 Å². The first kappa shape index (κ1) is 16.5. The maximum atomic E-state index is 5.75. The van der Waals surface area contributed by atoms with Gasteiger partial charge in [-0.1, -0.05) is 26.0 Å². The van der Waals surface area contributed by atoms with Gasteiger partial charge in [-0.2, -0.15) is 0 Å². The van der Waals surface area contributed by atoms with Gasteiger partial charge < -0.3 is 10.1 Å². The molecule has 1 heterocycles. The third kappa shape index (κ3) is 5.46. The van der Waals surface area contributed by atoms with Crippen molar-refractivity contribution in [3.8, 4) is 5.75 Å². The van der Waals surface area contributed by atoms with Gasteiger partial charge >= 0.3 is 0 Å². The van der Waals surface area contributed by atoms with E-state index in [0.717, 1.165) is 23.3 Å². The number of benzene rings is 1. The topological polar surface area (TPSA) is 21.3 Å². The van der Waals surface area contributed by atoms with Gasteiger partial charge in [0.15, 0.2) is 0 Å². The van der Waals surface area contributed by atoms with Crippen LogP contribution in [0.5, 0.6) is 5.75 Å². The van der Waals surface area contributed by atoms with Gasteiger partial charge in [-0.05, 0) is 52.0 Å². The molecule has 0 bridgehead atoms. The van der Waals surface area contributed by atoms with Crippen LogP contribution in [0.4, 0.5) is 0 Å². The highest BCUT2D eigenvalue weighted by atomic mass is 79.9. The summed E-state index contributed by atoms with van der Waals surface area (Å²) in [5.74, 6) is 1.56. The summed E-state index contributed by atoms with van der Waals surface area (Å²) in [4.78, 5) is 1.33. The van der Waals surface area contributed by atoms with Crippen LogP contribution in [-0.4, -0.2) is 13.2 Å². The van der Waals surface area contributed by atoms with Gasteiger partial charge in [-0.3, -0.25) is 0 Å². The maximum absolute atomic E-state index is 5.75. The number of hydrogen-bond donors (Lipinski definition) is 1. The third-order valence-electron chi connectivity index (χ3n) is 3.53. The van der Waals surface area contributed by atoms with Gasteiger partial charge in [-0.15, -0.1) is 11.3 Å². The summed E-state index contributed by atoms with van der Waals surface area (Å²) in [6.45, 7) is 6.90. The van der Waals surface area contributed by atoms with Crippen molar-refractivity contribution < 1.29 is 4.74 Å². The van der Waals surface area contributed by atoms with Crippen molar-refractivity contribution in [2.75, 3.05) is 13.2 Å². The predicted molar refractivity (Wildman–Crippen MR) is 94.4 cm³/mol. The molecule has 0 aliphatic rings. The van der Waals surface area contributed by atoms with Crippen LogP contribution in [0.3, 0.4) is 0 Å². The fraction of sp³-hybridized carbons (Fsp3) is 0.412. The van der Waals surface area contributed by atoms with Crippen LogP contribution in [0, 0.1) is 0 Å². The molecule has 2 nitrogen and oxygen atoms in total. The van der Waals surface area contributed by atoms with Crippen LogP contribution in [0.15, 0.2) is 40.2 Å². The van der Waals surface area contributed by atoms with Crippen LogP contribution in [0.1, 0.15) is 36.6 Å². The molecule has 0 fully saturated rings. The summed E-state index contributed by atoms with van der Waals surface area (Å²) >= 11 is 5.22. The van der Waals surface area contributed by atoms with Crippen LogP contribution in [0.2, 0.25) is 0 Å². The van der Waals surface area contributed by atoms with Gasteiger partial charge in [0, 0.05) is 27.8 Å². The highest BCUT2D eigenvalue weighted by Gasteiger charge is 2.02. The Morgan fingerprint density at radius 1 is 1.29 bits per heavy atom. The first-order valence-electron chi connectivity index (χ1n) is 7.35. The molecule has 0 saturated heterocycles. The average Bonchev–Trinajstić information content (AvgIpc) is 2.92. The molecule has 1 aromatic carbocycles. The molecule has 1 N–H and O–H groups in total. The molecule has 1 atom stereocenters. The van der Waals surface area contributed by atoms with Crippen LogP contribution < -0.4 is 10.1 Å². The zero-order valence-corrected chi connectivity index (χ0v) is 15.0. The number of thiophene rings is 1. The molecular formula is C17H22BrNOS. The minimum absolute atomic E-state index is 0.617. The summed E-state index contributed by atoms with van der Waals surface area (Å²) in [7, 11) is 0. The second-order valence-corrected chi connectivity index (χ2v) is 7.05. The number of nitrogens with one attached hydrogen (secondary N) is 1. The molecule has 1 aromatic heterocycles. The molecule has 0 spiro atoms. The lowest BCUT2D eigenvalue weighted by atomic mass is 9.99. The quantitative estimate of drug-likeness (QED) is 0.647. The molecule has 0 amide bonds. The second-order valence-electron chi connectivity index (χ2n) is 5.13. The van der Waals surface area contributed by atoms with Gasteiger partial charge in [-0.25, -0.2) is 0 Å². The Morgan fingerprint density at radius 2 is 2.05 bits per heavy atom. The van der Waals surface area contributed by atoms with Crippen molar-refractivity contribution in [2.45, 2.75) is 32.7 Å². The minimum Gasteiger partial charge on any atom is -0.492 e. The standard InChI is InChI=1S/C17H22BrNOS/c1-3-13(2)14-4-6-16(7-5-14)20-9-8-19-11-17-10-15(18)12-21-17/h4-7,10,12-13,19H,3,8-9,11H2,1-2H3. The van der Waals surface area contributed by atoms with Crippen LogP contribution in [0.25, 0.3) is 0 Å². The summed E-state index contributed by atoms with van der Waals surface area (Å²) in [5, 5.41) is 5.49.